The van der Waals surface area contributed by atoms with Gasteiger partial charge in [0, 0.05) is 0 Å². The third kappa shape index (κ3) is 7.30. The Balaban J connectivity index is 3.93. The van der Waals surface area contributed by atoms with Gasteiger partial charge >= 0.3 is 0 Å². The number of aliphatic hydroxyl groups is 1. The highest BCUT2D eigenvalue weighted by atomic mass is 28.3. The molecule has 0 aromatic rings. The van der Waals surface area contributed by atoms with Crippen LogP contribution >= 0.6 is 0 Å². The molecule has 0 aliphatic heterocycles. The number of hydrogen-bond donors (Lipinski definition) is 1. The van der Waals surface area contributed by atoms with Gasteiger partial charge in [-0.1, -0.05) is 25.6 Å². The lowest BCUT2D eigenvalue weighted by Crippen LogP contribution is -2.16. The van der Waals surface area contributed by atoms with Crippen LogP contribution in [0.2, 0.25) is 19.6 Å². The summed E-state index contributed by atoms with van der Waals surface area (Å²) < 4.78 is 0. The molecule has 0 aliphatic rings. The molecule has 0 aliphatic carbocycles. The first kappa shape index (κ1) is 9.30. The monoisotopic (exact) mass is 152 g/mol. The Bertz CT molecular complexity index is 203. The molecule has 54 valence electrons. The minimum atomic E-state index is -1.25. The first-order valence-corrected chi connectivity index (χ1v) is 6.67. The average Bonchev–Trinajstić information content (AvgIpc) is 1.78. The third-order valence-electron chi connectivity index (χ3n) is 0.667. The zero-order valence-corrected chi connectivity index (χ0v) is 7.65. The largest absolute Gasteiger partial charge is 0.384 e. The van der Waals surface area contributed by atoms with Crippen LogP contribution < -0.4 is 0 Å². The maximum absolute atomic E-state index is 8.27. The van der Waals surface area contributed by atoms with Crippen LogP contribution in [0.25, 0.3) is 0 Å². The van der Waals surface area contributed by atoms with E-state index in [4.69, 9.17) is 5.11 Å². The highest BCUT2D eigenvalue weighted by Gasteiger charge is 2.06. The molecule has 0 heterocycles. The Morgan fingerprint density at radius 1 is 1.20 bits per heavy atom. The van der Waals surface area contributed by atoms with E-state index in [0.717, 1.165) is 0 Å². The van der Waals surface area contributed by atoms with Crippen LogP contribution in [0, 0.1) is 23.3 Å². The van der Waals surface area contributed by atoms with Crippen molar-refractivity contribution in [1.29, 1.82) is 0 Å². The van der Waals surface area contributed by atoms with Crippen molar-refractivity contribution in [2.24, 2.45) is 0 Å². The van der Waals surface area contributed by atoms with E-state index in [1.54, 1.807) is 0 Å². The second-order valence-electron chi connectivity index (χ2n) is 2.96. The van der Waals surface area contributed by atoms with Crippen molar-refractivity contribution in [2.45, 2.75) is 19.6 Å². The van der Waals surface area contributed by atoms with Crippen LogP contribution in [0.4, 0.5) is 0 Å². The molecule has 0 fully saturated rings. The van der Waals surface area contributed by atoms with Crippen LogP contribution in [-0.2, 0) is 0 Å². The van der Waals surface area contributed by atoms with Crippen LogP contribution in [0.1, 0.15) is 0 Å². The molecule has 0 saturated carbocycles. The van der Waals surface area contributed by atoms with Gasteiger partial charge in [0.25, 0.3) is 0 Å². The van der Waals surface area contributed by atoms with E-state index >= 15 is 0 Å². The van der Waals surface area contributed by atoms with Gasteiger partial charge in [-0.3, -0.25) is 0 Å². The van der Waals surface area contributed by atoms with Gasteiger partial charge in [-0.05, 0) is 11.8 Å². The van der Waals surface area contributed by atoms with Crippen molar-refractivity contribution in [2.75, 3.05) is 6.61 Å². The van der Waals surface area contributed by atoms with Crippen molar-refractivity contribution in [3.05, 3.63) is 0 Å². The summed E-state index contributed by atoms with van der Waals surface area (Å²) in [6.45, 7) is 6.36. The molecule has 2 heteroatoms. The smallest absolute Gasteiger partial charge is 0.130 e. The number of hydrogen-bond acceptors (Lipinski definition) is 1. The zero-order chi connectivity index (χ0) is 8.04. The molecule has 0 unspecified atom stereocenters. The third-order valence-corrected chi connectivity index (χ3v) is 1.54. The van der Waals surface area contributed by atoms with Gasteiger partial charge in [0.15, 0.2) is 0 Å². The second kappa shape index (κ2) is 4.17. The van der Waals surface area contributed by atoms with E-state index in [-0.39, 0.29) is 6.61 Å². The van der Waals surface area contributed by atoms with Crippen molar-refractivity contribution < 1.29 is 5.11 Å². The van der Waals surface area contributed by atoms with Crippen molar-refractivity contribution in [3.63, 3.8) is 0 Å². The van der Waals surface area contributed by atoms with E-state index in [0.29, 0.717) is 0 Å². The maximum atomic E-state index is 8.27. The predicted molar refractivity (Wildman–Crippen MR) is 46.0 cm³/mol. The van der Waals surface area contributed by atoms with Gasteiger partial charge in [-0.15, -0.1) is 5.54 Å². The summed E-state index contributed by atoms with van der Waals surface area (Å²) in [6, 6.07) is 0. The Morgan fingerprint density at radius 2 is 1.80 bits per heavy atom. The van der Waals surface area contributed by atoms with Crippen molar-refractivity contribution in [3.8, 4) is 23.3 Å². The fourth-order valence-electron chi connectivity index (χ4n) is 0.302. The molecule has 1 N–H and O–H groups in total. The van der Waals surface area contributed by atoms with Gasteiger partial charge in [0.05, 0.1) is 0 Å². The Kier molecular flexibility index (Phi) is 3.87. The first-order chi connectivity index (χ1) is 4.56. The average molecular weight is 152 g/mol. The van der Waals surface area contributed by atoms with Gasteiger partial charge in [0.1, 0.15) is 14.7 Å². The van der Waals surface area contributed by atoms with Gasteiger partial charge < -0.3 is 5.11 Å². The normalized spacial score (nSPS) is 8.80. The Hall–Kier alpha value is -0.703. The summed E-state index contributed by atoms with van der Waals surface area (Å²) >= 11 is 0. The lowest BCUT2D eigenvalue weighted by molar-refractivity contribution is 0.350. The summed E-state index contributed by atoms with van der Waals surface area (Å²) in [4.78, 5) is 0. The molecule has 0 saturated heterocycles. The summed E-state index contributed by atoms with van der Waals surface area (Å²) in [5, 5.41) is 8.27. The minimum Gasteiger partial charge on any atom is -0.384 e. The standard InChI is InChI=1S/C8H12OSi/c1-10(2,3)8-6-4-5-7-9/h9H,7H2,1-3H3. The quantitative estimate of drug-likeness (QED) is 0.403. The number of rotatable bonds is 0. The fraction of sp³-hybridized carbons (Fsp3) is 0.500. The van der Waals surface area contributed by atoms with Gasteiger partial charge in [-0.2, -0.15) is 0 Å². The minimum absolute atomic E-state index is 0.0968. The molecular weight excluding hydrogens is 140 g/mol. The number of aliphatic hydroxyl groups excluding tert-OH is 1. The molecular formula is C8H12OSi. The van der Waals surface area contributed by atoms with Crippen molar-refractivity contribution in [1.82, 2.24) is 0 Å². The zero-order valence-electron chi connectivity index (χ0n) is 6.65. The summed E-state index contributed by atoms with van der Waals surface area (Å²) in [5.41, 5.74) is 3.06. The summed E-state index contributed by atoms with van der Waals surface area (Å²) in [5.74, 6) is 7.76. The SMILES string of the molecule is C[Si](C)(C)C#CC#CCO. The topological polar surface area (TPSA) is 20.2 Å². The first-order valence-electron chi connectivity index (χ1n) is 3.17. The van der Waals surface area contributed by atoms with E-state index in [1.807, 2.05) is 0 Å². The van der Waals surface area contributed by atoms with E-state index < -0.39 is 8.07 Å². The van der Waals surface area contributed by atoms with Crippen LogP contribution in [0.3, 0.4) is 0 Å². The predicted octanol–water partition coefficient (Wildman–Crippen LogP) is 0.863. The second-order valence-corrected chi connectivity index (χ2v) is 7.71. The molecule has 10 heavy (non-hydrogen) atoms. The lowest BCUT2D eigenvalue weighted by Gasteiger charge is -2.01. The fourth-order valence-corrected chi connectivity index (χ4v) is 0.740. The van der Waals surface area contributed by atoms with Crippen LogP contribution in [-0.4, -0.2) is 19.8 Å². The Morgan fingerprint density at radius 3 is 2.20 bits per heavy atom. The molecule has 0 radical (unpaired) electrons. The maximum Gasteiger partial charge on any atom is 0.130 e. The molecule has 0 aromatic carbocycles. The highest BCUT2D eigenvalue weighted by Crippen LogP contribution is 1.95. The summed E-state index contributed by atoms with van der Waals surface area (Å²) in [6.07, 6.45) is 0. The molecule has 0 aromatic heterocycles. The van der Waals surface area contributed by atoms with E-state index in [9.17, 15) is 0 Å². The molecule has 0 spiro atoms. The lowest BCUT2D eigenvalue weighted by atomic mass is 10.6. The highest BCUT2D eigenvalue weighted by molar-refractivity contribution is 6.83. The molecule has 1 nitrogen and oxygen atoms in total. The molecule has 0 atom stereocenters. The van der Waals surface area contributed by atoms with Gasteiger partial charge in [-0.25, -0.2) is 0 Å². The summed E-state index contributed by atoms with van der Waals surface area (Å²) in [7, 11) is -1.25. The van der Waals surface area contributed by atoms with Crippen LogP contribution in [0.5, 0.6) is 0 Å². The Labute approximate surface area is 63.5 Å². The molecule has 0 rings (SSSR count). The van der Waals surface area contributed by atoms with E-state index in [2.05, 4.69) is 42.9 Å². The van der Waals surface area contributed by atoms with Crippen molar-refractivity contribution >= 4 is 8.07 Å². The van der Waals surface area contributed by atoms with Gasteiger partial charge in [0.2, 0.25) is 0 Å². The van der Waals surface area contributed by atoms with Crippen LogP contribution in [0.15, 0.2) is 0 Å². The molecule has 0 bridgehead atoms. The van der Waals surface area contributed by atoms with E-state index in [1.165, 1.54) is 0 Å². The molecule has 0 amide bonds.